The van der Waals surface area contributed by atoms with Gasteiger partial charge in [0, 0.05) is 10.5 Å². The van der Waals surface area contributed by atoms with Crippen LogP contribution in [0.15, 0.2) is 10.5 Å². The lowest BCUT2D eigenvalue weighted by Crippen LogP contribution is -1.95. The van der Waals surface area contributed by atoms with Crippen LogP contribution in [0.4, 0.5) is 13.2 Å². The fourth-order valence-corrected chi connectivity index (χ4v) is 1.20. The summed E-state index contributed by atoms with van der Waals surface area (Å²) in [4.78, 5) is 2.95. The van der Waals surface area contributed by atoms with Crippen LogP contribution in [0.3, 0.4) is 0 Å². The first-order valence-electron chi connectivity index (χ1n) is 2.82. The SMILES string of the molecule is Fc1cc(Br)c(Cl)c(C(F)F)n1. The minimum absolute atomic E-state index is 0.0759. The molecular weight excluding hydrogens is 258 g/mol. The standard InChI is InChI=1S/C6H2BrClF3N/c7-2-1-3(9)12-5(4(2)8)6(10)11/h1,6H. The zero-order chi connectivity index (χ0) is 9.30. The van der Waals surface area contributed by atoms with Gasteiger partial charge in [0.05, 0.1) is 5.02 Å². The number of alkyl halides is 2. The maximum atomic E-state index is 12.4. The van der Waals surface area contributed by atoms with Crippen LogP contribution in [0.1, 0.15) is 12.1 Å². The van der Waals surface area contributed by atoms with E-state index in [-0.39, 0.29) is 9.50 Å². The Bertz CT molecular complexity index is 305. The van der Waals surface area contributed by atoms with Crippen LogP contribution in [-0.2, 0) is 0 Å². The second-order valence-electron chi connectivity index (χ2n) is 1.93. The van der Waals surface area contributed by atoms with Crippen LogP contribution in [0.25, 0.3) is 0 Å². The van der Waals surface area contributed by atoms with Gasteiger partial charge in [0.15, 0.2) is 0 Å². The highest BCUT2D eigenvalue weighted by atomic mass is 79.9. The van der Waals surface area contributed by atoms with Crippen LogP contribution in [0.5, 0.6) is 0 Å². The Morgan fingerprint density at radius 3 is 2.58 bits per heavy atom. The van der Waals surface area contributed by atoms with Crippen molar-refractivity contribution < 1.29 is 13.2 Å². The van der Waals surface area contributed by atoms with Crippen molar-refractivity contribution in [3.63, 3.8) is 0 Å². The first-order valence-corrected chi connectivity index (χ1v) is 3.99. The van der Waals surface area contributed by atoms with Gasteiger partial charge >= 0.3 is 0 Å². The molecular formula is C6H2BrClF3N. The van der Waals surface area contributed by atoms with E-state index in [0.717, 1.165) is 6.07 Å². The Kier molecular flexibility index (Phi) is 2.95. The minimum Gasteiger partial charge on any atom is -0.217 e. The summed E-state index contributed by atoms with van der Waals surface area (Å²) in [6.07, 6.45) is -2.87. The molecule has 1 heterocycles. The molecule has 0 aliphatic heterocycles. The molecule has 0 aromatic carbocycles. The van der Waals surface area contributed by atoms with Crippen molar-refractivity contribution in [2.75, 3.05) is 0 Å². The van der Waals surface area contributed by atoms with E-state index >= 15 is 0 Å². The number of nitrogens with zero attached hydrogens (tertiary/aromatic N) is 1. The third kappa shape index (κ3) is 1.90. The molecule has 0 amide bonds. The summed E-state index contributed by atoms with van der Waals surface area (Å²) in [6, 6.07) is 0.925. The van der Waals surface area contributed by atoms with Crippen molar-refractivity contribution in [3.8, 4) is 0 Å². The maximum absolute atomic E-state index is 12.4. The van der Waals surface area contributed by atoms with Gasteiger partial charge in [0.25, 0.3) is 6.43 Å². The predicted octanol–water partition coefficient (Wildman–Crippen LogP) is 3.57. The number of hydrogen-bond donors (Lipinski definition) is 0. The lowest BCUT2D eigenvalue weighted by atomic mass is 10.3. The summed E-state index contributed by atoms with van der Waals surface area (Å²) in [5.74, 6) is -0.985. The second-order valence-corrected chi connectivity index (χ2v) is 3.16. The quantitative estimate of drug-likeness (QED) is 0.703. The van der Waals surface area contributed by atoms with E-state index in [1.165, 1.54) is 0 Å². The first kappa shape index (κ1) is 9.80. The fourth-order valence-electron chi connectivity index (χ4n) is 0.631. The van der Waals surface area contributed by atoms with E-state index in [1.54, 1.807) is 0 Å². The summed E-state index contributed by atoms with van der Waals surface area (Å²) >= 11 is 8.22. The van der Waals surface area contributed by atoms with E-state index < -0.39 is 18.1 Å². The summed E-state index contributed by atoms with van der Waals surface area (Å²) < 4.78 is 36.6. The highest BCUT2D eigenvalue weighted by molar-refractivity contribution is 9.10. The van der Waals surface area contributed by atoms with E-state index in [0.29, 0.717) is 0 Å². The Labute approximate surface area is 79.7 Å². The van der Waals surface area contributed by atoms with Crippen molar-refractivity contribution in [2.24, 2.45) is 0 Å². The topological polar surface area (TPSA) is 12.9 Å². The van der Waals surface area contributed by atoms with Crippen LogP contribution in [0.2, 0.25) is 5.02 Å². The van der Waals surface area contributed by atoms with E-state index in [2.05, 4.69) is 20.9 Å². The molecule has 12 heavy (non-hydrogen) atoms. The van der Waals surface area contributed by atoms with Crippen LogP contribution in [-0.4, -0.2) is 4.98 Å². The van der Waals surface area contributed by atoms with Crippen molar-refractivity contribution in [3.05, 3.63) is 27.2 Å². The Morgan fingerprint density at radius 2 is 2.08 bits per heavy atom. The molecule has 1 aromatic heterocycles. The molecule has 1 aromatic rings. The highest BCUT2D eigenvalue weighted by Crippen LogP contribution is 2.31. The van der Waals surface area contributed by atoms with Gasteiger partial charge < -0.3 is 0 Å². The number of pyridine rings is 1. The minimum atomic E-state index is -2.87. The summed E-state index contributed by atoms with van der Waals surface area (Å²) in [7, 11) is 0. The molecule has 0 aliphatic carbocycles. The largest absolute Gasteiger partial charge is 0.281 e. The molecule has 0 saturated carbocycles. The van der Waals surface area contributed by atoms with Gasteiger partial charge in [-0.25, -0.2) is 13.8 Å². The normalized spacial score (nSPS) is 10.8. The number of hydrogen-bond acceptors (Lipinski definition) is 1. The van der Waals surface area contributed by atoms with E-state index in [4.69, 9.17) is 11.6 Å². The van der Waals surface area contributed by atoms with E-state index in [1.807, 2.05) is 0 Å². The van der Waals surface area contributed by atoms with Gasteiger partial charge in [-0.05, 0) is 15.9 Å². The zero-order valence-electron chi connectivity index (χ0n) is 5.49. The third-order valence-electron chi connectivity index (χ3n) is 1.11. The predicted molar refractivity (Wildman–Crippen MR) is 41.9 cm³/mol. The van der Waals surface area contributed by atoms with Gasteiger partial charge in [-0.2, -0.15) is 4.39 Å². The molecule has 1 rings (SSSR count). The number of halogens is 5. The van der Waals surface area contributed by atoms with Crippen LogP contribution in [0, 0.1) is 5.95 Å². The molecule has 0 unspecified atom stereocenters. The molecule has 0 bridgehead atoms. The summed E-state index contributed by atoms with van der Waals surface area (Å²) in [5.41, 5.74) is -0.747. The zero-order valence-corrected chi connectivity index (χ0v) is 7.83. The van der Waals surface area contributed by atoms with E-state index in [9.17, 15) is 13.2 Å². The molecule has 1 nitrogen and oxygen atoms in total. The molecule has 66 valence electrons. The molecule has 0 radical (unpaired) electrons. The average molecular weight is 260 g/mol. The molecule has 0 atom stereocenters. The van der Waals surface area contributed by atoms with Crippen molar-refractivity contribution in [1.29, 1.82) is 0 Å². The molecule has 0 N–H and O–H groups in total. The molecule has 6 heteroatoms. The van der Waals surface area contributed by atoms with Crippen molar-refractivity contribution >= 4 is 27.5 Å². The molecule has 0 spiro atoms. The first-order chi connectivity index (χ1) is 5.52. The molecule has 0 aliphatic rings. The van der Waals surface area contributed by atoms with Gasteiger partial charge in [0.1, 0.15) is 5.69 Å². The molecule has 0 fully saturated rings. The van der Waals surface area contributed by atoms with Crippen LogP contribution < -0.4 is 0 Å². The molecule has 0 saturated heterocycles. The monoisotopic (exact) mass is 259 g/mol. The maximum Gasteiger partial charge on any atom is 0.281 e. The fraction of sp³-hybridized carbons (Fsp3) is 0.167. The lowest BCUT2D eigenvalue weighted by molar-refractivity contribution is 0.145. The van der Waals surface area contributed by atoms with Gasteiger partial charge in [-0.3, -0.25) is 0 Å². The van der Waals surface area contributed by atoms with Crippen LogP contribution >= 0.6 is 27.5 Å². The average Bonchev–Trinajstić information content (AvgIpc) is 1.96. The summed E-state index contributed by atoms with van der Waals surface area (Å²) in [6.45, 7) is 0. The Morgan fingerprint density at radius 1 is 1.50 bits per heavy atom. The smallest absolute Gasteiger partial charge is 0.217 e. The van der Waals surface area contributed by atoms with Gasteiger partial charge in [-0.1, -0.05) is 11.6 Å². The van der Waals surface area contributed by atoms with Gasteiger partial charge in [-0.15, -0.1) is 0 Å². The number of aromatic nitrogens is 1. The van der Waals surface area contributed by atoms with Crippen molar-refractivity contribution in [2.45, 2.75) is 6.43 Å². The van der Waals surface area contributed by atoms with Crippen molar-refractivity contribution in [1.82, 2.24) is 4.98 Å². The summed E-state index contributed by atoms with van der Waals surface area (Å²) in [5, 5.41) is -0.258. The third-order valence-corrected chi connectivity index (χ3v) is 2.37. The highest BCUT2D eigenvalue weighted by Gasteiger charge is 2.17. The second kappa shape index (κ2) is 3.62. The lowest BCUT2D eigenvalue weighted by Gasteiger charge is -2.03. The Balaban J connectivity index is 3.28. The van der Waals surface area contributed by atoms with Gasteiger partial charge in [0.2, 0.25) is 5.95 Å². The Hall–Kier alpha value is -0.290. The number of rotatable bonds is 1.